The molecule has 1 heterocycles. The Bertz CT molecular complexity index is 522. The van der Waals surface area contributed by atoms with Gasteiger partial charge in [-0.1, -0.05) is 6.07 Å². The Morgan fingerprint density at radius 2 is 2.00 bits per heavy atom. The molecule has 18 heavy (non-hydrogen) atoms. The van der Waals surface area contributed by atoms with Crippen LogP contribution in [0.4, 0.5) is 4.39 Å². The lowest BCUT2D eigenvalue weighted by Gasteiger charge is -2.22. The third kappa shape index (κ3) is 3.29. The molecule has 0 aromatic heterocycles. The molecule has 0 bridgehead atoms. The van der Waals surface area contributed by atoms with Crippen LogP contribution in [-0.4, -0.2) is 27.8 Å². The highest BCUT2D eigenvalue weighted by atomic mass is 32.2. The topological polar surface area (TPSA) is 46.2 Å². The Morgan fingerprint density at radius 1 is 1.33 bits per heavy atom. The standard InChI is InChI=1S/C13H18FNO2S/c1-18(16,17)12-3-2-11(13(14)9-12)8-10-4-6-15-7-5-10/h2-3,9-10,15H,4-8H2,1H3. The highest BCUT2D eigenvalue weighted by Crippen LogP contribution is 2.22. The molecule has 1 fully saturated rings. The van der Waals surface area contributed by atoms with E-state index in [1.54, 1.807) is 6.07 Å². The van der Waals surface area contributed by atoms with Crippen LogP contribution in [0.5, 0.6) is 0 Å². The molecule has 0 aliphatic carbocycles. The van der Waals surface area contributed by atoms with Crippen molar-refractivity contribution < 1.29 is 12.8 Å². The first kappa shape index (κ1) is 13.5. The molecular formula is C13H18FNO2S. The van der Waals surface area contributed by atoms with Gasteiger partial charge in [-0.25, -0.2) is 12.8 Å². The number of piperidine rings is 1. The summed E-state index contributed by atoms with van der Waals surface area (Å²) in [6.07, 6.45) is 3.88. The molecule has 0 radical (unpaired) electrons. The first-order valence-corrected chi connectivity index (χ1v) is 8.05. The van der Waals surface area contributed by atoms with Gasteiger partial charge in [-0.15, -0.1) is 0 Å². The third-order valence-corrected chi connectivity index (χ3v) is 4.53. The lowest BCUT2D eigenvalue weighted by Crippen LogP contribution is -2.28. The van der Waals surface area contributed by atoms with Crippen LogP contribution in [0.1, 0.15) is 18.4 Å². The summed E-state index contributed by atoms with van der Waals surface area (Å²) in [4.78, 5) is 0.0501. The van der Waals surface area contributed by atoms with Crippen LogP contribution in [-0.2, 0) is 16.3 Å². The van der Waals surface area contributed by atoms with Crippen molar-refractivity contribution in [3.8, 4) is 0 Å². The summed E-state index contributed by atoms with van der Waals surface area (Å²) in [6.45, 7) is 1.96. The van der Waals surface area contributed by atoms with Gasteiger partial charge in [0.15, 0.2) is 9.84 Å². The van der Waals surface area contributed by atoms with Crippen molar-refractivity contribution in [3.05, 3.63) is 29.6 Å². The number of benzene rings is 1. The van der Waals surface area contributed by atoms with Crippen molar-refractivity contribution >= 4 is 9.84 Å². The van der Waals surface area contributed by atoms with Gasteiger partial charge in [-0.2, -0.15) is 0 Å². The van der Waals surface area contributed by atoms with E-state index in [1.165, 1.54) is 6.07 Å². The fourth-order valence-corrected chi connectivity index (χ4v) is 2.95. The minimum atomic E-state index is -3.33. The summed E-state index contributed by atoms with van der Waals surface area (Å²) in [7, 11) is -3.33. The summed E-state index contributed by atoms with van der Waals surface area (Å²) in [5, 5.41) is 3.27. The quantitative estimate of drug-likeness (QED) is 0.911. The fraction of sp³-hybridized carbons (Fsp3) is 0.538. The van der Waals surface area contributed by atoms with Gasteiger partial charge in [0, 0.05) is 6.26 Å². The zero-order valence-corrected chi connectivity index (χ0v) is 11.3. The summed E-state index contributed by atoms with van der Waals surface area (Å²) in [6, 6.07) is 4.23. The summed E-state index contributed by atoms with van der Waals surface area (Å²) < 4.78 is 36.5. The zero-order chi connectivity index (χ0) is 13.2. The monoisotopic (exact) mass is 271 g/mol. The fourth-order valence-electron chi connectivity index (χ4n) is 2.32. The van der Waals surface area contributed by atoms with Crippen LogP contribution in [0.2, 0.25) is 0 Å². The average molecular weight is 271 g/mol. The minimum Gasteiger partial charge on any atom is -0.317 e. The zero-order valence-electron chi connectivity index (χ0n) is 10.4. The number of hydrogen-bond donors (Lipinski definition) is 1. The van der Waals surface area contributed by atoms with E-state index in [-0.39, 0.29) is 4.90 Å². The maximum Gasteiger partial charge on any atom is 0.175 e. The van der Waals surface area contributed by atoms with Gasteiger partial charge in [-0.3, -0.25) is 0 Å². The van der Waals surface area contributed by atoms with Crippen molar-refractivity contribution in [2.45, 2.75) is 24.2 Å². The molecule has 0 amide bonds. The first-order chi connectivity index (χ1) is 8.47. The number of sulfone groups is 1. The molecule has 1 aromatic carbocycles. The molecule has 0 saturated carbocycles. The number of hydrogen-bond acceptors (Lipinski definition) is 3. The van der Waals surface area contributed by atoms with Gasteiger partial charge in [0.25, 0.3) is 0 Å². The van der Waals surface area contributed by atoms with Crippen molar-refractivity contribution in [3.63, 3.8) is 0 Å². The van der Waals surface area contributed by atoms with Crippen molar-refractivity contribution in [1.82, 2.24) is 5.32 Å². The molecule has 100 valence electrons. The third-order valence-electron chi connectivity index (χ3n) is 3.42. The lowest BCUT2D eigenvalue weighted by molar-refractivity contribution is 0.368. The molecule has 0 atom stereocenters. The normalized spacial score (nSPS) is 17.9. The Kier molecular flexibility index (Phi) is 4.02. The second-order valence-electron chi connectivity index (χ2n) is 4.92. The van der Waals surface area contributed by atoms with Crippen LogP contribution < -0.4 is 5.32 Å². The smallest absolute Gasteiger partial charge is 0.175 e. The summed E-state index contributed by atoms with van der Waals surface area (Å²) in [5.74, 6) is 0.0845. The highest BCUT2D eigenvalue weighted by molar-refractivity contribution is 7.90. The van der Waals surface area contributed by atoms with Gasteiger partial charge in [0.05, 0.1) is 4.90 Å². The Hall–Kier alpha value is -0.940. The molecule has 0 unspecified atom stereocenters. The minimum absolute atomic E-state index is 0.0501. The number of halogens is 1. The van der Waals surface area contributed by atoms with E-state index < -0.39 is 15.7 Å². The molecule has 2 rings (SSSR count). The van der Waals surface area contributed by atoms with E-state index in [0.717, 1.165) is 38.3 Å². The van der Waals surface area contributed by atoms with Crippen LogP contribution in [0, 0.1) is 11.7 Å². The number of rotatable bonds is 3. The largest absolute Gasteiger partial charge is 0.317 e. The Morgan fingerprint density at radius 3 is 2.56 bits per heavy atom. The maximum atomic E-state index is 13.9. The molecular weight excluding hydrogens is 253 g/mol. The molecule has 1 N–H and O–H groups in total. The van der Waals surface area contributed by atoms with Crippen molar-refractivity contribution in [1.29, 1.82) is 0 Å². The van der Waals surface area contributed by atoms with E-state index in [4.69, 9.17) is 0 Å². The SMILES string of the molecule is CS(=O)(=O)c1ccc(CC2CCNCC2)c(F)c1. The molecule has 1 aliphatic heterocycles. The van der Waals surface area contributed by atoms with Gasteiger partial charge in [0.1, 0.15) is 5.82 Å². The van der Waals surface area contributed by atoms with Gasteiger partial charge >= 0.3 is 0 Å². The molecule has 0 spiro atoms. The van der Waals surface area contributed by atoms with E-state index in [1.807, 2.05) is 0 Å². The van der Waals surface area contributed by atoms with Crippen molar-refractivity contribution in [2.24, 2.45) is 5.92 Å². The first-order valence-electron chi connectivity index (χ1n) is 6.16. The van der Waals surface area contributed by atoms with Crippen LogP contribution >= 0.6 is 0 Å². The molecule has 1 saturated heterocycles. The van der Waals surface area contributed by atoms with Gasteiger partial charge < -0.3 is 5.32 Å². The average Bonchev–Trinajstić information content (AvgIpc) is 2.32. The highest BCUT2D eigenvalue weighted by Gasteiger charge is 2.17. The predicted octanol–water partition coefficient (Wildman–Crippen LogP) is 1.77. The van der Waals surface area contributed by atoms with E-state index in [0.29, 0.717) is 17.9 Å². The summed E-state index contributed by atoms with van der Waals surface area (Å²) in [5.41, 5.74) is 0.620. The van der Waals surface area contributed by atoms with Crippen LogP contribution in [0.25, 0.3) is 0 Å². The van der Waals surface area contributed by atoms with E-state index >= 15 is 0 Å². The van der Waals surface area contributed by atoms with E-state index in [9.17, 15) is 12.8 Å². The van der Waals surface area contributed by atoms with Crippen LogP contribution in [0.15, 0.2) is 23.1 Å². The predicted molar refractivity (Wildman–Crippen MR) is 68.8 cm³/mol. The molecule has 1 aliphatic rings. The van der Waals surface area contributed by atoms with E-state index in [2.05, 4.69) is 5.32 Å². The molecule has 1 aromatic rings. The lowest BCUT2D eigenvalue weighted by atomic mass is 9.91. The maximum absolute atomic E-state index is 13.9. The second kappa shape index (κ2) is 5.36. The number of nitrogens with one attached hydrogen (secondary N) is 1. The summed E-state index contributed by atoms with van der Waals surface area (Å²) >= 11 is 0. The van der Waals surface area contributed by atoms with Crippen LogP contribution in [0.3, 0.4) is 0 Å². The molecule has 3 nitrogen and oxygen atoms in total. The Balaban J connectivity index is 2.14. The molecule has 5 heteroatoms. The second-order valence-corrected chi connectivity index (χ2v) is 6.94. The van der Waals surface area contributed by atoms with Crippen molar-refractivity contribution in [2.75, 3.05) is 19.3 Å². The van der Waals surface area contributed by atoms with Gasteiger partial charge in [0.2, 0.25) is 0 Å². The van der Waals surface area contributed by atoms with Gasteiger partial charge in [-0.05, 0) is 56.0 Å². The Labute approximate surface area is 107 Å².